The van der Waals surface area contributed by atoms with Gasteiger partial charge in [0.2, 0.25) is 5.95 Å². The maximum atomic E-state index is 9.21. The molecule has 0 amide bonds. The van der Waals surface area contributed by atoms with Crippen molar-refractivity contribution in [1.82, 2.24) is 9.97 Å². The number of aryl methyl sites for hydroxylation is 2. The SMILES string of the molecule is Cc1cc(Nc2ccc(Br)cc2C)nc(Nc2ccccc2C#N)n1. The van der Waals surface area contributed by atoms with Crippen LogP contribution in [-0.2, 0) is 0 Å². The molecule has 0 spiro atoms. The van der Waals surface area contributed by atoms with E-state index in [1.54, 1.807) is 6.07 Å². The molecule has 124 valence electrons. The topological polar surface area (TPSA) is 73.6 Å². The molecule has 1 heterocycles. The summed E-state index contributed by atoms with van der Waals surface area (Å²) in [5, 5.41) is 15.6. The first-order valence-corrected chi connectivity index (χ1v) is 8.49. The van der Waals surface area contributed by atoms with E-state index in [0.29, 0.717) is 23.0 Å². The van der Waals surface area contributed by atoms with E-state index in [-0.39, 0.29) is 0 Å². The second kappa shape index (κ2) is 7.32. The zero-order chi connectivity index (χ0) is 17.8. The Balaban J connectivity index is 1.89. The first kappa shape index (κ1) is 16.9. The van der Waals surface area contributed by atoms with Crippen LogP contribution in [0.4, 0.5) is 23.1 Å². The summed E-state index contributed by atoms with van der Waals surface area (Å²) >= 11 is 3.47. The minimum atomic E-state index is 0.444. The van der Waals surface area contributed by atoms with Crippen LogP contribution in [0.2, 0.25) is 0 Å². The minimum Gasteiger partial charge on any atom is -0.340 e. The van der Waals surface area contributed by atoms with E-state index in [9.17, 15) is 5.26 Å². The van der Waals surface area contributed by atoms with Gasteiger partial charge in [-0.25, -0.2) is 4.98 Å². The second-order valence-electron chi connectivity index (χ2n) is 5.58. The molecule has 0 radical (unpaired) electrons. The Morgan fingerprint density at radius 2 is 1.76 bits per heavy atom. The second-order valence-corrected chi connectivity index (χ2v) is 6.50. The third kappa shape index (κ3) is 4.14. The Bertz CT molecular complexity index is 962. The molecule has 5 nitrogen and oxygen atoms in total. The molecule has 2 aromatic carbocycles. The lowest BCUT2D eigenvalue weighted by atomic mass is 10.2. The molecule has 1 aromatic heterocycles. The molecule has 0 aliphatic heterocycles. The predicted octanol–water partition coefficient (Wildman–Crippen LogP) is 5.21. The zero-order valence-electron chi connectivity index (χ0n) is 13.8. The van der Waals surface area contributed by atoms with Gasteiger partial charge in [0.05, 0.1) is 11.3 Å². The summed E-state index contributed by atoms with van der Waals surface area (Å²) in [7, 11) is 0. The van der Waals surface area contributed by atoms with Gasteiger partial charge in [0, 0.05) is 21.9 Å². The summed E-state index contributed by atoms with van der Waals surface area (Å²) in [6.45, 7) is 3.94. The Morgan fingerprint density at radius 3 is 2.52 bits per heavy atom. The van der Waals surface area contributed by atoms with E-state index < -0.39 is 0 Å². The number of hydrogen-bond donors (Lipinski definition) is 2. The summed E-state index contributed by atoms with van der Waals surface area (Å²) < 4.78 is 1.03. The third-order valence-corrected chi connectivity index (χ3v) is 4.09. The molecule has 6 heteroatoms. The molecule has 25 heavy (non-hydrogen) atoms. The molecule has 0 aliphatic rings. The summed E-state index contributed by atoms with van der Waals surface area (Å²) in [6, 6.07) is 17.3. The fraction of sp³-hybridized carbons (Fsp3) is 0.105. The zero-order valence-corrected chi connectivity index (χ0v) is 15.4. The van der Waals surface area contributed by atoms with Crippen LogP contribution in [0.15, 0.2) is 53.0 Å². The molecule has 0 aliphatic carbocycles. The highest BCUT2D eigenvalue weighted by molar-refractivity contribution is 9.10. The highest BCUT2D eigenvalue weighted by atomic mass is 79.9. The first-order chi connectivity index (χ1) is 12.0. The number of benzene rings is 2. The molecule has 3 aromatic rings. The van der Waals surface area contributed by atoms with Crippen molar-refractivity contribution in [3.8, 4) is 6.07 Å². The lowest BCUT2D eigenvalue weighted by Crippen LogP contribution is -2.03. The Kier molecular flexibility index (Phi) is 4.96. The molecular formula is C19H16BrN5. The maximum Gasteiger partial charge on any atom is 0.229 e. The van der Waals surface area contributed by atoms with Gasteiger partial charge in [-0.1, -0.05) is 28.1 Å². The standard InChI is InChI=1S/C19H16BrN5/c1-12-9-15(20)7-8-16(12)23-18-10-13(2)22-19(25-18)24-17-6-4-3-5-14(17)11-21/h3-10H,1-2H3,(H2,22,23,24,25). The summed E-state index contributed by atoms with van der Waals surface area (Å²) in [5.74, 6) is 1.13. The van der Waals surface area contributed by atoms with E-state index in [2.05, 4.69) is 42.6 Å². The number of nitriles is 1. The van der Waals surface area contributed by atoms with Crippen LogP contribution in [0.25, 0.3) is 0 Å². The molecule has 0 fully saturated rings. The van der Waals surface area contributed by atoms with E-state index in [0.717, 1.165) is 21.4 Å². The van der Waals surface area contributed by atoms with Crippen LogP contribution < -0.4 is 10.6 Å². The van der Waals surface area contributed by atoms with Crippen molar-refractivity contribution in [3.05, 3.63) is 69.8 Å². The molecule has 3 rings (SSSR count). The van der Waals surface area contributed by atoms with Gasteiger partial charge in [0.1, 0.15) is 11.9 Å². The first-order valence-electron chi connectivity index (χ1n) is 7.70. The quantitative estimate of drug-likeness (QED) is 0.635. The highest BCUT2D eigenvalue weighted by Gasteiger charge is 2.07. The van der Waals surface area contributed by atoms with Crippen LogP contribution in [-0.4, -0.2) is 9.97 Å². The normalized spacial score (nSPS) is 10.2. The number of para-hydroxylation sites is 1. The van der Waals surface area contributed by atoms with E-state index in [4.69, 9.17) is 0 Å². The van der Waals surface area contributed by atoms with Gasteiger partial charge in [-0.05, 0) is 49.7 Å². The van der Waals surface area contributed by atoms with E-state index >= 15 is 0 Å². The number of nitrogens with one attached hydrogen (secondary N) is 2. The lowest BCUT2D eigenvalue weighted by Gasteiger charge is -2.12. The predicted molar refractivity (Wildman–Crippen MR) is 103 cm³/mol. The monoisotopic (exact) mass is 393 g/mol. The van der Waals surface area contributed by atoms with Gasteiger partial charge in [0.15, 0.2) is 0 Å². The van der Waals surface area contributed by atoms with Gasteiger partial charge < -0.3 is 10.6 Å². The van der Waals surface area contributed by atoms with Crippen LogP contribution >= 0.6 is 15.9 Å². The maximum absolute atomic E-state index is 9.21. The molecule has 2 N–H and O–H groups in total. The minimum absolute atomic E-state index is 0.444. The average molecular weight is 394 g/mol. The molecular weight excluding hydrogens is 378 g/mol. The number of hydrogen-bond acceptors (Lipinski definition) is 5. The molecule has 0 saturated carbocycles. The van der Waals surface area contributed by atoms with Crippen molar-refractivity contribution < 1.29 is 0 Å². The van der Waals surface area contributed by atoms with Gasteiger partial charge in [-0.2, -0.15) is 10.2 Å². The van der Waals surface area contributed by atoms with Crippen molar-refractivity contribution in [1.29, 1.82) is 5.26 Å². The lowest BCUT2D eigenvalue weighted by molar-refractivity contribution is 1.11. The number of aromatic nitrogens is 2. The molecule has 0 saturated heterocycles. The number of anilines is 4. The Hall–Kier alpha value is -2.91. The van der Waals surface area contributed by atoms with E-state index in [1.807, 2.05) is 56.3 Å². The smallest absolute Gasteiger partial charge is 0.229 e. The number of halogens is 1. The highest BCUT2D eigenvalue weighted by Crippen LogP contribution is 2.25. The van der Waals surface area contributed by atoms with Crippen LogP contribution in [0, 0.1) is 25.2 Å². The number of rotatable bonds is 4. The molecule has 0 atom stereocenters. The van der Waals surface area contributed by atoms with Gasteiger partial charge >= 0.3 is 0 Å². The summed E-state index contributed by atoms with van der Waals surface area (Å²) in [6.07, 6.45) is 0. The van der Waals surface area contributed by atoms with Crippen molar-refractivity contribution >= 4 is 39.1 Å². The van der Waals surface area contributed by atoms with Crippen molar-refractivity contribution in [3.63, 3.8) is 0 Å². The largest absolute Gasteiger partial charge is 0.340 e. The van der Waals surface area contributed by atoms with Crippen molar-refractivity contribution in [2.45, 2.75) is 13.8 Å². The molecule has 0 bridgehead atoms. The van der Waals surface area contributed by atoms with Crippen molar-refractivity contribution in [2.75, 3.05) is 10.6 Å². The third-order valence-electron chi connectivity index (χ3n) is 3.60. The summed E-state index contributed by atoms with van der Waals surface area (Å²) in [4.78, 5) is 8.91. The Morgan fingerprint density at radius 1 is 0.960 bits per heavy atom. The molecule has 0 unspecified atom stereocenters. The fourth-order valence-electron chi connectivity index (χ4n) is 2.40. The van der Waals surface area contributed by atoms with Crippen LogP contribution in [0.3, 0.4) is 0 Å². The summed E-state index contributed by atoms with van der Waals surface area (Å²) in [5.41, 5.74) is 4.14. The van der Waals surface area contributed by atoms with E-state index in [1.165, 1.54) is 0 Å². The van der Waals surface area contributed by atoms with Crippen LogP contribution in [0.1, 0.15) is 16.8 Å². The van der Waals surface area contributed by atoms with Gasteiger partial charge in [-0.3, -0.25) is 0 Å². The fourth-order valence-corrected chi connectivity index (χ4v) is 2.88. The Labute approximate surface area is 154 Å². The van der Waals surface area contributed by atoms with Crippen LogP contribution in [0.5, 0.6) is 0 Å². The van der Waals surface area contributed by atoms with Crippen molar-refractivity contribution in [2.24, 2.45) is 0 Å². The van der Waals surface area contributed by atoms with Gasteiger partial charge in [0.25, 0.3) is 0 Å². The van der Waals surface area contributed by atoms with Gasteiger partial charge in [-0.15, -0.1) is 0 Å². The number of nitrogens with zero attached hydrogens (tertiary/aromatic N) is 3. The average Bonchev–Trinajstić information content (AvgIpc) is 2.57.